The first-order valence-corrected chi connectivity index (χ1v) is 6.82. The average molecular weight is 241 g/mol. The molecule has 0 aromatic carbocycles. The van der Waals surface area contributed by atoms with Crippen LogP contribution in [0.5, 0.6) is 0 Å². The molecule has 4 nitrogen and oxygen atoms in total. The first-order valence-electron chi connectivity index (χ1n) is 5.66. The van der Waals surface area contributed by atoms with E-state index in [0.717, 1.165) is 24.5 Å². The van der Waals surface area contributed by atoms with E-state index in [4.69, 9.17) is 4.52 Å². The number of thioether (sulfide) groups is 1. The molecule has 1 fully saturated rings. The molecule has 0 amide bonds. The second kappa shape index (κ2) is 5.70. The molecule has 1 aliphatic heterocycles. The second-order valence-corrected chi connectivity index (χ2v) is 5.40. The monoisotopic (exact) mass is 241 g/mol. The maximum atomic E-state index is 5.31. The molecule has 2 rings (SSSR count). The number of rotatable bonds is 5. The van der Waals surface area contributed by atoms with E-state index < -0.39 is 0 Å². The lowest BCUT2D eigenvalue weighted by molar-refractivity contribution is 0.222. The predicted octanol–water partition coefficient (Wildman–Crippen LogP) is 1.33. The fourth-order valence-corrected chi connectivity index (χ4v) is 3.24. The van der Waals surface area contributed by atoms with Crippen LogP contribution < -0.4 is 5.32 Å². The standard InChI is InChI=1S/C11H19N3OS/c1-12-6-9-5-11(15-13-9)7-14(2)10-3-4-16-8-10/h5,10,12H,3-4,6-8H2,1-2H3. The highest BCUT2D eigenvalue weighted by molar-refractivity contribution is 7.99. The van der Waals surface area contributed by atoms with Gasteiger partial charge in [-0.05, 0) is 26.3 Å². The summed E-state index contributed by atoms with van der Waals surface area (Å²) in [5.41, 5.74) is 0.978. The van der Waals surface area contributed by atoms with E-state index in [2.05, 4.69) is 22.4 Å². The van der Waals surface area contributed by atoms with Gasteiger partial charge in [0.05, 0.1) is 12.2 Å². The molecule has 0 radical (unpaired) electrons. The number of hydrogen-bond acceptors (Lipinski definition) is 5. The Morgan fingerprint density at radius 3 is 3.25 bits per heavy atom. The topological polar surface area (TPSA) is 41.3 Å². The molecule has 1 saturated heterocycles. The lowest BCUT2D eigenvalue weighted by Crippen LogP contribution is -2.30. The van der Waals surface area contributed by atoms with Crippen molar-refractivity contribution in [1.29, 1.82) is 0 Å². The van der Waals surface area contributed by atoms with Crippen LogP contribution in [0.15, 0.2) is 10.6 Å². The zero-order chi connectivity index (χ0) is 11.4. The number of nitrogens with one attached hydrogen (secondary N) is 1. The van der Waals surface area contributed by atoms with E-state index in [1.54, 1.807) is 0 Å². The molecule has 1 N–H and O–H groups in total. The summed E-state index contributed by atoms with van der Waals surface area (Å²) in [4.78, 5) is 2.36. The van der Waals surface area contributed by atoms with E-state index in [-0.39, 0.29) is 0 Å². The molecule has 1 aromatic rings. The van der Waals surface area contributed by atoms with Crippen LogP contribution in [-0.4, -0.2) is 41.7 Å². The fourth-order valence-electron chi connectivity index (χ4n) is 1.94. The Hall–Kier alpha value is -0.520. The van der Waals surface area contributed by atoms with Crippen molar-refractivity contribution in [2.24, 2.45) is 0 Å². The van der Waals surface area contributed by atoms with E-state index in [0.29, 0.717) is 6.04 Å². The van der Waals surface area contributed by atoms with Crippen molar-refractivity contribution in [3.05, 3.63) is 17.5 Å². The summed E-state index contributed by atoms with van der Waals surface area (Å²) >= 11 is 2.04. The summed E-state index contributed by atoms with van der Waals surface area (Å²) in [5.74, 6) is 3.49. The molecule has 0 spiro atoms. The third-order valence-corrected chi connectivity index (χ3v) is 4.04. The summed E-state index contributed by atoms with van der Waals surface area (Å²) in [6.45, 7) is 1.63. The summed E-state index contributed by atoms with van der Waals surface area (Å²) in [6, 6.07) is 2.73. The summed E-state index contributed by atoms with van der Waals surface area (Å²) < 4.78 is 5.31. The quantitative estimate of drug-likeness (QED) is 0.842. The molecule has 16 heavy (non-hydrogen) atoms. The minimum absolute atomic E-state index is 0.697. The highest BCUT2D eigenvalue weighted by Crippen LogP contribution is 2.22. The Morgan fingerprint density at radius 2 is 2.56 bits per heavy atom. The third-order valence-electron chi connectivity index (χ3n) is 2.90. The average Bonchev–Trinajstić information content (AvgIpc) is 2.89. The van der Waals surface area contributed by atoms with Gasteiger partial charge in [0.1, 0.15) is 0 Å². The van der Waals surface area contributed by atoms with Crippen LogP contribution in [0.4, 0.5) is 0 Å². The number of aromatic nitrogens is 1. The van der Waals surface area contributed by atoms with Crippen LogP contribution in [0.2, 0.25) is 0 Å². The van der Waals surface area contributed by atoms with Gasteiger partial charge in [-0.1, -0.05) is 5.16 Å². The molecule has 0 aliphatic carbocycles. The lowest BCUT2D eigenvalue weighted by Gasteiger charge is -2.21. The van der Waals surface area contributed by atoms with Gasteiger partial charge in [0, 0.05) is 24.4 Å². The minimum Gasteiger partial charge on any atom is -0.360 e. The van der Waals surface area contributed by atoms with Gasteiger partial charge >= 0.3 is 0 Å². The molecular weight excluding hydrogens is 222 g/mol. The van der Waals surface area contributed by atoms with Gasteiger partial charge in [-0.3, -0.25) is 4.90 Å². The first kappa shape index (κ1) is 12.0. The number of nitrogens with zero attached hydrogens (tertiary/aromatic N) is 2. The second-order valence-electron chi connectivity index (χ2n) is 4.25. The van der Waals surface area contributed by atoms with Crippen LogP contribution >= 0.6 is 11.8 Å². The Bertz CT molecular complexity index is 323. The van der Waals surface area contributed by atoms with E-state index in [9.17, 15) is 0 Å². The molecule has 90 valence electrons. The number of hydrogen-bond donors (Lipinski definition) is 1. The van der Waals surface area contributed by atoms with Crippen molar-refractivity contribution in [2.75, 3.05) is 25.6 Å². The van der Waals surface area contributed by atoms with Gasteiger partial charge in [0.25, 0.3) is 0 Å². The van der Waals surface area contributed by atoms with Gasteiger partial charge in [-0.25, -0.2) is 0 Å². The SMILES string of the molecule is CNCc1cc(CN(C)C2CCSC2)on1. The normalized spacial score (nSPS) is 20.8. The van der Waals surface area contributed by atoms with Gasteiger partial charge < -0.3 is 9.84 Å². The van der Waals surface area contributed by atoms with E-state index in [1.165, 1.54) is 17.9 Å². The molecule has 0 saturated carbocycles. The molecule has 2 heterocycles. The van der Waals surface area contributed by atoms with Gasteiger partial charge in [0.15, 0.2) is 5.76 Å². The molecule has 5 heteroatoms. The molecule has 1 aliphatic rings. The summed E-state index contributed by atoms with van der Waals surface area (Å²) in [6.07, 6.45) is 1.29. The fraction of sp³-hybridized carbons (Fsp3) is 0.727. The zero-order valence-corrected chi connectivity index (χ0v) is 10.7. The Labute approximate surface area is 101 Å². The molecule has 0 bridgehead atoms. The minimum atomic E-state index is 0.697. The summed E-state index contributed by atoms with van der Waals surface area (Å²) in [5, 5.41) is 7.08. The van der Waals surface area contributed by atoms with Crippen molar-refractivity contribution < 1.29 is 4.52 Å². The van der Waals surface area contributed by atoms with Crippen molar-refractivity contribution in [3.63, 3.8) is 0 Å². The van der Waals surface area contributed by atoms with Gasteiger partial charge in [-0.2, -0.15) is 11.8 Å². The van der Waals surface area contributed by atoms with Crippen molar-refractivity contribution in [1.82, 2.24) is 15.4 Å². The maximum Gasteiger partial charge on any atom is 0.151 e. The molecule has 1 aromatic heterocycles. The smallest absolute Gasteiger partial charge is 0.151 e. The van der Waals surface area contributed by atoms with E-state index >= 15 is 0 Å². The highest BCUT2D eigenvalue weighted by atomic mass is 32.2. The largest absolute Gasteiger partial charge is 0.360 e. The third kappa shape index (κ3) is 2.99. The predicted molar refractivity (Wildman–Crippen MR) is 66.5 cm³/mol. The van der Waals surface area contributed by atoms with Crippen molar-refractivity contribution in [3.8, 4) is 0 Å². The zero-order valence-electron chi connectivity index (χ0n) is 9.90. The molecular formula is C11H19N3OS. The van der Waals surface area contributed by atoms with Crippen LogP contribution in [0.1, 0.15) is 17.9 Å². The Balaban J connectivity index is 1.87. The van der Waals surface area contributed by atoms with Crippen molar-refractivity contribution >= 4 is 11.8 Å². The van der Waals surface area contributed by atoms with E-state index in [1.807, 2.05) is 24.9 Å². The maximum absolute atomic E-state index is 5.31. The van der Waals surface area contributed by atoms with Gasteiger partial charge in [-0.15, -0.1) is 0 Å². The lowest BCUT2D eigenvalue weighted by atomic mass is 10.2. The molecule has 1 atom stereocenters. The molecule has 1 unspecified atom stereocenters. The first-order chi connectivity index (χ1) is 7.79. The van der Waals surface area contributed by atoms with Crippen LogP contribution in [0, 0.1) is 0 Å². The Morgan fingerprint density at radius 1 is 1.69 bits per heavy atom. The van der Waals surface area contributed by atoms with Crippen molar-refractivity contribution in [2.45, 2.75) is 25.6 Å². The van der Waals surface area contributed by atoms with Crippen LogP contribution in [0.3, 0.4) is 0 Å². The highest BCUT2D eigenvalue weighted by Gasteiger charge is 2.21. The Kier molecular flexibility index (Phi) is 4.26. The van der Waals surface area contributed by atoms with Gasteiger partial charge in [0.2, 0.25) is 0 Å². The van der Waals surface area contributed by atoms with Crippen LogP contribution in [0.25, 0.3) is 0 Å². The van der Waals surface area contributed by atoms with Crippen LogP contribution in [-0.2, 0) is 13.1 Å². The summed E-state index contributed by atoms with van der Waals surface area (Å²) in [7, 11) is 4.08.